The maximum Gasteiger partial charge on any atom is 0.483 e. The van der Waals surface area contributed by atoms with Crippen LogP contribution in [0.3, 0.4) is 0 Å². The SMILES string of the molecule is NNC(=O)C(F)(F)Oc1ccc(N2CCCC2=O)cc1. The number of halogens is 2. The molecule has 0 aromatic heterocycles. The summed E-state index contributed by atoms with van der Waals surface area (Å²) >= 11 is 0. The van der Waals surface area contributed by atoms with E-state index in [1.54, 1.807) is 4.90 Å². The lowest BCUT2D eigenvalue weighted by Crippen LogP contribution is -2.47. The second kappa shape index (κ2) is 5.41. The number of hydrogen-bond donors (Lipinski definition) is 2. The van der Waals surface area contributed by atoms with Gasteiger partial charge in [0.1, 0.15) is 5.75 Å². The summed E-state index contributed by atoms with van der Waals surface area (Å²) in [6.07, 6.45) is -2.81. The Morgan fingerprint density at radius 1 is 1.35 bits per heavy atom. The van der Waals surface area contributed by atoms with Gasteiger partial charge in [0, 0.05) is 18.7 Å². The van der Waals surface area contributed by atoms with Crippen molar-refractivity contribution in [2.75, 3.05) is 11.4 Å². The molecular weight excluding hydrogens is 272 g/mol. The van der Waals surface area contributed by atoms with E-state index in [1.807, 2.05) is 0 Å². The van der Waals surface area contributed by atoms with Crippen LogP contribution in [0.2, 0.25) is 0 Å². The summed E-state index contributed by atoms with van der Waals surface area (Å²) in [5.74, 6) is 2.68. The first kappa shape index (κ1) is 14.2. The van der Waals surface area contributed by atoms with Gasteiger partial charge < -0.3 is 9.64 Å². The summed E-state index contributed by atoms with van der Waals surface area (Å²) < 4.78 is 30.6. The molecule has 0 bridgehead atoms. The monoisotopic (exact) mass is 285 g/mol. The van der Waals surface area contributed by atoms with Gasteiger partial charge in [-0.3, -0.25) is 15.0 Å². The van der Waals surface area contributed by atoms with Gasteiger partial charge in [-0.15, -0.1) is 0 Å². The van der Waals surface area contributed by atoms with Crippen molar-refractivity contribution in [1.29, 1.82) is 0 Å². The van der Waals surface area contributed by atoms with Gasteiger partial charge in [-0.1, -0.05) is 0 Å². The predicted octanol–water partition coefficient (Wildman–Crippen LogP) is 0.775. The van der Waals surface area contributed by atoms with E-state index in [2.05, 4.69) is 10.6 Å². The smallest absolute Gasteiger partial charge is 0.425 e. The van der Waals surface area contributed by atoms with E-state index in [4.69, 9.17) is 0 Å². The van der Waals surface area contributed by atoms with E-state index in [0.29, 0.717) is 18.7 Å². The molecule has 0 saturated carbocycles. The summed E-state index contributed by atoms with van der Waals surface area (Å²) in [4.78, 5) is 23.9. The maximum absolute atomic E-state index is 13.2. The zero-order chi connectivity index (χ0) is 14.8. The molecule has 0 radical (unpaired) electrons. The van der Waals surface area contributed by atoms with Crippen LogP contribution in [-0.4, -0.2) is 24.5 Å². The van der Waals surface area contributed by atoms with Crippen molar-refractivity contribution in [3.05, 3.63) is 24.3 Å². The molecule has 3 N–H and O–H groups in total. The molecule has 0 spiro atoms. The Morgan fingerprint density at radius 2 is 2.00 bits per heavy atom. The Bertz CT molecular complexity index is 519. The molecule has 6 nitrogen and oxygen atoms in total. The largest absolute Gasteiger partial charge is 0.483 e. The first-order valence-electron chi connectivity index (χ1n) is 5.92. The summed E-state index contributed by atoms with van der Waals surface area (Å²) in [5.41, 5.74) is 1.92. The molecule has 1 aliphatic heterocycles. The molecule has 1 aromatic rings. The molecule has 0 unspecified atom stereocenters. The molecule has 8 heteroatoms. The third-order valence-electron chi connectivity index (χ3n) is 2.86. The third-order valence-corrected chi connectivity index (χ3v) is 2.86. The van der Waals surface area contributed by atoms with E-state index in [1.165, 1.54) is 29.7 Å². The fraction of sp³-hybridized carbons (Fsp3) is 0.333. The molecule has 1 saturated heterocycles. The zero-order valence-corrected chi connectivity index (χ0v) is 10.4. The minimum Gasteiger partial charge on any atom is -0.425 e. The average Bonchev–Trinajstić information content (AvgIpc) is 2.84. The molecule has 1 heterocycles. The molecule has 20 heavy (non-hydrogen) atoms. The molecule has 0 atom stereocenters. The van der Waals surface area contributed by atoms with Crippen LogP contribution in [0.25, 0.3) is 0 Å². The van der Waals surface area contributed by atoms with E-state index in [-0.39, 0.29) is 11.7 Å². The van der Waals surface area contributed by atoms with Crippen LogP contribution >= 0.6 is 0 Å². The van der Waals surface area contributed by atoms with Crippen molar-refractivity contribution in [1.82, 2.24) is 5.43 Å². The second-order valence-corrected chi connectivity index (χ2v) is 4.24. The number of nitrogens with zero attached hydrogens (tertiary/aromatic N) is 1. The first-order chi connectivity index (χ1) is 9.44. The lowest BCUT2D eigenvalue weighted by atomic mass is 10.3. The number of hydrazine groups is 1. The number of hydrogen-bond acceptors (Lipinski definition) is 4. The Hall–Kier alpha value is -2.22. The van der Waals surface area contributed by atoms with E-state index >= 15 is 0 Å². The Kier molecular flexibility index (Phi) is 3.84. The summed E-state index contributed by atoms with van der Waals surface area (Å²) in [5, 5.41) is 0. The molecule has 2 rings (SSSR count). The molecule has 0 aliphatic carbocycles. The van der Waals surface area contributed by atoms with Gasteiger partial charge in [0.25, 0.3) is 0 Å². The van der Waals surface area contributed by atoms with Crippen LogP contribution in [0.5, 0.6) is 5.75 Å². The fourth-order valence-corrected chi connectivity index (χ4v) is 1.89. The lowest BCUT2D eigenvalue weighted by Gasteiger charge is -2.18. The van der Waals surface area contributed by atoms with E-state index < -0.39 is 12.0 Å². The van der Waals surface area contributed by atoms with Gasteiger partial charge in [-0.25, -0.2) is 5.84 Å². The summed E-state index contributed by atoms with van der Waals surface area (Å²) in [7, 11) is 0. The first-order valence-corrected chi connectivity index (χ1v) is 5.92. The number of anilines is 1. The maximum atomic E-state index is 13.2. The molecule has 1 aliphatic rings. The highest BCUT2D eigenvalue weighted by molar-refractivity contribution is 5.95. The van der Waals surface area contributed by atoms with Crippen molar-refractivity contribution in [3.63, 3.8) is 0 Å². The Balaban J connectivity index is 2.09. The van der Waals surface area contributed by atoms with Crippen LogP contribution in [0.1, 0.15) is 12.8 Å². The van der Waals surface area contributed by atoms with E-state index in [9.17, 15) is 18.4 Å². The van der Waals surface area contributed by atoms with Gasteiger partial charge in [0.2, 0.25) is 5.91 Å². The van der Waals surface area contributed by atoms with Gasteiger partial charge in [0.05, 0.1) is 0 Å². The molecule has 1 fully saturated rings. The van der Waals surface area contributed by atoms with Crippen molar-refractivity contribution in [2.45, 2.75) is 19.0 Å². The molecular formula is C12H13F2N3O3. The van der Waals surface area contributed by atoms with Crippen LogP contribution < -0.4 is 20.9 Å². The van der Waals surface area contributed by atoms with Crippen molar-refractivity contribution >= 4 is 17.5 Å². The molecule has 2 amide bonds. The highest BCUT2D eigenvalue weighted by Crippen LogP contribution is 2.26. The zero-order valence-electron chi connectivity index (χ0n) is 10.4. The number of amides is 2. The van der Waals surface area contributed by atoms with Gasteiger partial charge in [0.15, 0.2) is 0 Å². The van der Waals surface area contributed by atoms with Gasteiger partial charge >= 0.3 is 12.0 Å². The van der Waals surface area contributed by atoms with Crippen molar-refractivity contribution < 1.29 is 23.1 Å². The minimum atomic E-state index is -4.06. The standard InChI is InChI=1S/C12H13F2N3O3/c13-12(14,11(19)16-15)20-9-5-3-8(4-6-9)17-7-1-2-10(17)18/h3-6H,1-2,7,15H2,(H,16,19). The van der Waals surface area contributed by atoms with E-state index in [0.717, 1.165) is 6.42 Å². The summed E-state index contributed by atoms with van der Waals surface area (Å²) in [6.45, 7) is 0.602. The Labute approximate surface area is 113 Å². The molecule has 108 valence electrons. The van der Waals surface area contributed by atoms with Crippen molar-refractivity contribution in [3.8, 4) is 5.75 Å². The highest BCUT2D eigenvalue weighted by atomic mass is 19.3. The van der Waals surface area contributed by atoms with Crippen LogP contribution in [0.4, 0.5) is 14.5 Å². The molecule has 1 aromatic carbocycles. The van der Waals surface area contributed by atoms with Crippen LogP contribution in [0, 0.1) is 0 Å². The normalized spacial score (nSPS) is 15.3. The minimum absolute atomic E-state index is 0.00786. The number of carbonyl (C=O) groups is 2. The fourth-order valence-electron chi connectivity index (χ4n) is 1.89. The topological polar surface area (TPSA) is 84.7 Å². The summed E-state index contributed by atoms with van der Waals surface area (Å²) in [6, 6.07) is 5.49. The predicted molar refractivity (Wildman–Crippen MR) is 65.9 cm³/mol. The quantitative estimate of drug-likeness (QED) is 0.486. The lowest BCUT2D eigenvalue weighted by molar-refractivity contribution is -0.192. The van der Waals surface area contributed by atoms with Crippen molar-refractivity contribution in [2.24, 2.45) is 5.84 Å². The number of nitrogens with one attached hydrogen (secondary N) is 1. The number of ether oxygens (including phenoxy) is 1. The Morgan fingerprint density at radius 3 is 2.50 bits per heavy atom. The van der Waals surface area contributed by atoms with Crippen LogP contribution in [0.15, 0.2) is 24.3 Å². The number of carbonyl (C=O) groups excluding carboxylic acids is 2. The third kappa shape index (κ3) is 2.85. The van der Waals surface area contributed by atoms with Gasteiger partial charge in [-0.2, -0.15) is 8.78 Å². The number of rotatable bonds is 4. The number of benzene rings is 1. The highest BCUT2D eigenvalue weighted by Gasteiger charge is 2.41. The average molecular weight is 285 g/mol. The van der Waals surface area contributed by atoms with Crippen LogP contribution in [-0.2, 0) is 9.59 Å². The van der Waals surface area contributed by atoms with Gasteiger partial charge in [-0.05, 0) is 30.7 Å². The second-order valence-electron chi connectivity index (χ2n) is 4.24. The number of nitrogens with two attached hydrogens (primary N) is 1. The number of alkyl halides is 2.